The monoisotopic (exact) mass is 416 g/mol. The molecule has 1 N–H and O–H groups in total. The Balaban J connectivity index is 1.83. The van der Waals surface area contributed by atoms with E-state index in [1.54, 1.807) is 6.07 Å². The van der Waals surface area contributed by atoms with Gasteiger partial charge in [-0.1, -0.05) is 34.9 Å². The Labute approximate surface area is 193 Å². The van der Waals surface area contributed by atoms with Gasteiger partial charge in [0.1, 0.15) is 17.1 Å². The molecule has 0 saturated carbocycles. The largest absolute Gasteiger partial charge is 0.508 e. The second kappa shape index (κ2) is 10.9. The lowest BCUT2D eigenvalue weighted by Crippen LogP contribution is -2.36. The summed E-state index contributed by atoms with van der Waals surface area (Å²) in [7, 11) is 0. The lowest BCUT2D eigenvalue weighted by Gasteiger charge is -2.37. The van der Waals surface area contributed by atoms with E-state index >= 15 is 0 Å². The molecule has 0 bridgehead atoms. The van der Waals surface area contributed by atoms with Crippen molar-refractivity contribution in [2.45, 2.75) is 105 Å². The van der Waals surface area contributed by atoms with Crippen molar-refractivity contribution < 1.29 is 18.1 Å². The molecule has 166 valence electrons. The molecule has 0 saturated heterocycles. The molecule has 1 aromatic carbocycles. The second-order valence-corrected chi connectivity index (χ2v) is 9.03. The number of ether oxygens (including phenoxy) is 1. The smallest absolute Gasteiger partial charge is 0.126 e. The molecular formula is C28H42O2. The van der Waals surface area contributed by atoms with Crippen LogP contribution in [0.4, 0.5) is 0 Å². The first-order valence-corrected chi connectivity index (χ1v) is 11.1. The van der Waals surface area contributed by atoms with Crippen molar-refractivity contribution in [3.63, 3.8) is 0 Å². The van der Waals surface area contributed by atoms with Gasteiger partial charge in [-0.15, -0.1) is 0 Å². The van der Waals surface area contributed by atoms with Crippen molar-refractivity contribution in [1.29, 1.82) is 0 Å². The number of fused-ring (bicyclic) bond motifs is 1. The number of aryl methyl sites for hydroxylation is 1. The first-order valence-electron chi connectivity index (χ1n) is 14.1. The van der Waals surface area contributed by atoms with Crippen LogP contribution in [0.3, 0.4) is 0 Å². The molecular weight excluding hydrogens is 368 g/mol. The Morgan fingerprint density at radius 1 is 1.10 bits per heavy atom. The van der Waals surface area contributed by atoms with E-state index in [9.17, 15) is 5.11 Å². The third-order valence-electron chi connectivity index (χ3n) is 6.16. The van der Waals surface area contributed by atoms with Crippen molar-refractivity contribution in [3.05, 3.63) is 57.7 Å². The summed E-state index contributed by atoms with van der Waals surface area (Å²) in [5, 5.41) is 10.1. The minimum absolute atomic E-state index is 0.218. The van der Waals surface area contributed by atoms with E-state index in [1.165, 1.54) is 11.6 Å². The van der Waals surface area contributed by atoms with Gasteiger partial charge in [0, 0.05) is 13.8 Å². The number of hydrogen-bond acceptors (Lipinski definition) is 2. The van der Waals surface area contributed by atoms with Crippen LogP contribution in [-0.4, -0.2) is 10.7 Å². The second-order valence-electron chi connectivity index (χ2n) is 9.03. The van der Waals surface area contributed by atoms with Crippen molar-refractivity contribution in [2.75, 3.05) is 0 Å². The van der Waals surface area contributed by atoms with Gasteiger partial charge >= 0.3 is 0 Å². The Kier molecular flexibility index (Phi) is 6.06. The fraction of sp³-hybridized carbons (Fsp3) is 0.571. The van der Waals surface area contributed by atoms with Crippen LogP contribution < -0.4 is 4.74 Å². The predicted octanol–water partition coefficient (Wildman–Crippen LogP) is 8.29. The van der Waals surface area contributed by atoms with Gasteiger partial charge in [-0.05, 0) is 117 Å². The van der Waals surface area contributed by atoms with E-state index < -0.39 is 19.3 Å². The number of phenols is 1. The van der Waals surface area contributed by atoms with E-state index in [0.29, 0.717) is 18.6 Å². The van der Waals surface area contributed by atoms with E-state index in [2.05, 4.69) is 26.0 Å². The highest BCUT2D eigenvalue weighted by Crippen LogP contribution is 2.42. The zero-order valence-corrected chi connectivity index (χ0v) is 19.3. The van der Waals surface area contributed by atoms with Crippen LogP contribution in [0.15, 0.2) is 41.0 Å². The summed E-state index contributed by atoms with van der Waals surface area (Å²) in [5.74, 6) is 1.27. The molecule has 0 fully saturated rings. The molecule has 0 aliphatic carbocycles. The average molecular weight is 417 g/mol. The number of aromatic hydroxyl groups is 1. The van der Waals surface area contributed by atoms with Crippen LogP contribution in [0.2, 0.25) is 0 Å². The first kappa shape index (κ1) is 16.7. The molecule has 0 radical (unpaired) electrons. The van der Waals surface area contributed by atoms with Gasteiger partial charge in [-0.25, -0.2) is 0 Å². The topological polar surface area (TPSA) is 29.5 Å². The maximum absolute atomic E-state index is 10.1. The summed E-state index contributed by atoms with van der Waals surface area (Å²) >= 11 is 0. The molecule has 30 heavy (non-hydrogen) atoms. The third-order valence-corrected chi connectivity index (χ3v) is 6.16. The van der Waals surface area contributed by atoms with E-state index in [4.69, 9.17) is 13.0 Å². The van der Waals surface area contributed by atoms with Crippen LogP contribution in [0.25, 0.3) is 0 Å². The molecule has 0 aromatic heterocycles. The minimum Gasteiger partial charge on any atom is -0.508 e. The van der Waals surface area contributed by atoms with Gasteiger partial charge in [0.05, 0.1) is 0 Å². The minimum atomic E-state index is -2.59. The van der Waals surface area contributed by atoms with Crippen molar-refractivity contribution >= 4 is 0 Å². The SMILES string of the molecule is [2H]C([2H])([2H])C(=CCC/C(C)=C/CC/C(C)=C/CC[C@]1(C)CCc2c(C)c(O)cc(C)c2O1)C([2H])([2H])[2H]. The Morgan fingerprint density at radius 2 is 1.73 bits per heavy atom. The zero-order chi connectivity index (χ0) is 27.3. The highest BCUT2D eigenvalue weighted by Gasteiger charge is 2.33. The van der Waals surface area contributed by atoms with Gasteiger partial charge < -0.3 is 9.84 Å². The molecule has 1 aromatic rings. The van der Waals surface area contributed by atoms with Gasteiger partial charge in [0.25, 0.3) is 0 Å². The molecule has 2 heteroatoms. The van der Waals surface area contributed by atoms with E-state index in [1.807, 2.05) is 20.8 Å². The normalized spacial score (nSPS) is 23.1. The summed E-state index contributed by atoms with van der Waals surface area (Å²) in [6.07, 6.45) is 12.4. The lowest BCUT2D eigenvalue weighted by molar-refractivity contribution is 0.0559. The average Bonchev–Trinajstić information content (AvgIpc) is 2.73. The zero-order valence-electron chi connectivity index (χ0n) is 25.3. The number of phenolic OH excluding ortho intramolecular Hbond substituents is 1. The lowest BCUT2D eigenvalue weighted by atomic mass is 9.86. The molecule has 0 spiro atoms. The highest BCUT2D eigenvalue weighted by atomic mass is 16.5. The van der Waals surface area contributed by atoms with Crippen molar-refractivity contribution in [3.8, 4) is 11.5 Å². The van der Waals surface area contributed by atoms with Crippen LogP contribution in [-0.2, 0) is 6.42 Å². The van der Waals surface area contributed by atoms with Gasteiger partial charge in [0.15, 0.2) is 0 Å². The molecule has 1 atom stereocenters. The van der Waals surface area contributed by atoms with E-state index in [-0.39, 0.29) is 5.60 Å². The summed E-state index contributed by atoms with van der Waals surface area (Å²) < 4.78 is 51.1. The fourth-order valence-electron chi connectivity index (χ4n) is 4.07. The maximum atomic E-state index is 10.1. The molecule has 1 aliphatic rings. The van der Waals surface area contributed by atoms with Crippen LogP contribution >= 0.6 is 0 Å². The van der Waals surface area contributed by atoms with Gasteiger partial charge in [-0.2, -0.15) is 0 Å². The van der Waals surface area contributed by atoms with Crippen LogP contribution in [0.1, 0.15) is 104 Å². The number of benzene rings is 1. The highest BCUT2D eigenvalue weighted by molar-refractivity contribution is 5.53. The molecule has 0 unspecified atom stereocenters. The number of rotatable bonds is 9. The number of hydrogen-bond donors (Lipinski definition) is 1. The standard InChI is InChI=1S/C28H42O2/c1-20(2)11-8-12-21(3)13-9-14-22(4)15-10-17-28(7)18-16-25-24(6)26(29)19-23(5)27(25)30-28/h11,13,15,19,29H,8-10,12,14,16-18H2,1-7H3/b21-13+,22-15+/t28-/m1/s1/i1D3,2D3. The quantitative estimate of drug-likeness (QED) is 0.410. The summed E-state index contributed by atoms with van der Waals surface area (Å²) in [6.45, 7) is 5.07. The van der Waals surface area contributed by atoms with Crippen molar-refractivity contribution in [2.24, 2.45) is 0 Å². The Bertz CT molecular complexity index is 998. The van der Waals surface area contributed by atoms with E-state index in [0.717, 1.165) is 66.5 Å². The van der Waals surface area contributed by atoms with Crippen LogP contribution in [0, 0.1) is 13.8 Å². The van der Waals surface area contributed by atoms with Crippen LogP contribution in [0.5, 0.6) is 11.5 Å². The first-order chi connectivity index (χ1) is 16.5. The predicted molar refractivity (Wildman–Crippen MR) is 130 cm³/mol. The molecule has 1 heterocycles. The van der Waals surface area contributed by atoms with Gasteiger partial charge in [0.2, 0.25) is 0 Å². The summed E-state index contributed by atoms with van der Waals surface area (Å²) in [5.41, 5.74) is 4.83. The third kappa shape index (κ3) is 7.07. The fourth-order valence-corrected chi connectivity index (χ4v) is 4.07. The Morgan fingerprint density at radius 3 is 2.40 bits per heavy atom. The summed E-state index contributed by atoms with van der Waals surface area (Å²) in [6, 6.07) is 1.79. The van der Waals surface area contributed by atoms with Gasteiger partial charge in [-0.3, -0.25) is 0 Å². The molecule has 0 amide bonds. The summed E-state index contributed by atoms with van der Waals surface area (Å²) in [4.78, 5) is 0. The maximum Gasteiger partial charge on any atom is 0.126 e. The molecule has 2 rings (SSSR count). The number of allylic oxidation sites excluding steroid dienone is 6. The molecule has 1 aliphatic heterocycles. The van der Waals surface area contributed by atoms with Crippen molar-refractivity contribution in [1.82, 2.24) is 0 Å². The molecule has 2 nitrogen and oxygen atoms in total. The Hall–Kier alpha value is -1.96.